The molecule has 0 fully saturated rings. The number of carbonyl (C=O) groups is 1. The first-order valence-electron chi connectivity index (χ1n) is 9.05. The number of aliphatic carboxylic acids is 1. The van der Waals surface area contributed by atoms with Crippen molar-refractivity contribution in [2.45, 2.75) is 26.1 Å². The third-order valence-corrected chi connectivity index (χ3v) is 4.64. The van der Waals surface area contributed by atoms with Crippen LogP contribution in [-0.4, -0.2) is 38.6 Å². The van der Waals surface area contributed by atoms with Crippen molar-refractivity contribution in [2.24, 2.45) is 5.73 Å². The molecule has 0 amide bonds. The maximum atomic E-state index is 12.9. The molecule has 30 heavy (non-hydrogen) atoms. The number of carboxylic acid groups (broad SMARTS) is 1. The molecule has 2 aromatic heterocycles. The first-order chi connectivity index (χ1) is 14.1. The lowest BCUT2D eigenvalue weighted by molar-refractivity contribution is -0.192. The van der Waals surface area contributed by atoms with Crippen molar-refractivity contribution in [1.29, 1.82) is 0 Å². The van der Waals surface area contributed by atoms with Crippen LogP contribution in [0.25, 0.3) is 32.6 Å². The smallest absolute Gasteiger partial charge is 0.475 e. The van der Waals surface area contributed by atoms with Gasteiger partial charge in [-0.3, -0.25) is 9.89 Å². The van der Waals surface area contributed by atoms with Gasteiger partial charge in [0.1, 0.15) is 5.52 Å². The van der Waals surface area contributed by atoms with E-state index in [1.165, 1.54) is 0 Å². The van der Waals surface area contributed by atoms with Crippen molar-refractivity contribution < 1.29 is 23.1 Å². The Kier molecular flexibility index (Phi) is 5.79. The molecule has 0 spiro atoms. The second kappa shape index (κ2) is 8.15. The Hall–Kier alpha value is -3.40. The van der Waals surface area contributed by atoms with Crippen molar-refractivity contribution >= 4 is 38.5 Å². The number of nitrogens with zero attached hydrogens (tertiary/aromatic N) is 2. The number of rotatable bonds is 3. The zero-order valence-electron chi connectivity index (χ0n) is 16.0. The quantitative estimate of drug-likeness (QED) is 0.440. The zero-order valence-corrected chi connectivity index (χ0v) is 16.0. The molecule has 0 aliphatic rings. The van der Waals surface area contributed by atoms with Crippen molar-refractivity contribution in [3.8, 4) is 0 Å². The molecular weight excluding hydrogens is 401 g/mol. The number of pyridine rings is 1. The van der Waals surface area contributed by atoms with Crippen molar-refractivity contribution in [1.82, 2.24) is 14.8 Å². The van der Waals surface area contributed by atoms with Crippen LogP contribution in [0.3, 0.4) is 0 Å². The van der Waals surface area contributed by atoms with E-state index < -0.39 is 12.1 Å². The van der Waals surface area contributed by atoms with Gasteiger partial charge in [0, 0.05) is 17.6 Å². The number of halogens is 3. The predicted octanol–water partition coefficient (Wildman–Crippen LogP) is 3.32. The lowest BCUT2D eigenvalue weighted by atomic mass is 10.0. The minimum atomic E-state index is -5.08. The highest BCUT2D eigenvalue weighted by atomic mass is 19.4. The largest absolute Gasteiger partial charge is 0.490 e. The van der Waals surface area contributed by atoms with Crippen LogP contribution >= 0.6 is 0 Å². The van der Waals surface area contributed by atoms with E-state index in [1.807, 2.05) is 23.6 Å². The molecule has 0 aliphatic heterocycles. The molecule has 4 aromatic rings. The summed E-state index contributed by atoms with van der Waals surface area (Å²) in [6, 6.07) is 12.4. The molecule has 4 N–H and O–H groups in total. The number of benzene rings is 2. The summed E-state index contributed by atoms with van der Waals surface area (Å²) in [5.41, 5.74) is 8.12. The number of carboxylic acids is 1. The Labute approximate surface area is 167 Å². The number of nitrogens with two attached hydrogens (primary N) is 1. The van der Waals surface area contributed by atoms with Crippen molar-refractivity contribution in [3.05, 3.63) is 52.4 Å². The second-order valence-electron chi connectivity index (χ2n) is 6.69. The zero-order chi connectivity index (χ0) is 22.1. The summed E-state index contributed by atoms with van der Waals surface area (Å²) in [6.45, 7) is 3.06. The summed E-state index contributed by atoms with van der Waals surface area (Å²) in [4.78, 5) is 21.8. The van der Waals surface area contributed by atoms with Gasteiger partial charge < -0.3 is 15.4 Å². The fourth-order valence-corrected chi connectivity index (χ4v) is 3.24. The van der Waals surface area contributed by atoms with Crippen LogP contribution in [0.1, 0.15) is 12.1 Å². The molecule has 0 saturated carbocycles. The average Bonchev–Trinajstić information content (AvgIpc) is 3.08. The minimum Gasteiger partial charge on any atom is -0.475 e. The number of alkyl halides is 3. The van der Waals surface area contributed by atoms with E-state index in [-0.39, 0.29) is 5.56 Å². The van der Waals surface area contributed by atoms with E-state index in [9.17, 15) is 18.0 Å². The molecule has 0 unspecified atom stereocenters. The number of nitrogens with one attached hydrogen (secondary N) is 1. The van der Waals surface area contributed by atoms with Gasteiger partial charge in [0.2, 0.25) is 0 Å². The molecule has 2 aromatic carbocycles. The summed E-state index contributed by atoms with van der Waals surface area (Å²) >= 11 is 0. The van der Waals surface area contributed by atoms with Crippen LogP contribution < -0.4 is 11.3 Å². The van der Waals surface area contributed by atoms with E-state index in [0.717, 1.165) is 39.3 Å². The summed E-state index contributed by atoms with van der Waals surface area (Å²) in [6.07, 6.45) is -4.32. The van der Waals surface area contributed by atoms with E-state index in [0.29, 0.717) is 18.5 Å². The number of hydrogen-bond donors (Lipinski definition) is 3. The maximum Gasteiger partial charge on any atom is 0.490 e. The summed E-state index contributed by atoms with van der Waals surface area (Å²) < 4.78 is 33.6. The first-order valence-corrected chi connectivity index (χ1v) is 9.05. The van der Waals surface area contributed by atoms with Gasteiger partial charge in [-0.1, -0.05) is 24.3 Å². The van der Waals surface area contributed by atoms with Crippen molar-refractivity contribution in [2.75, 3.05) is 6.54 Å². The summed E-state index contributed by atoms with van der Waals surface area (Å²) in [7, 11) is 0. The first kappa shape index (κ1) is 21.3. The van der Waals surface area contributed by atoms with Crippen LogP contribution in [0, 0.1) is 6.92 Å². The third kappa shape index (κ3) is 3.99. The number of fused-ring (bicyclic) bond motifs is 4. The fourth-order valence-electron chi connectivity index (χ4n) is 3.24. The maximum absolute atomic E-state index is 12.9. The molecule has 0 bridgehead atoms. The van der Waals surface area contributed by atoms with E-state index >= 15 is 0 Å². The number of aromatic nitrogens is 3. The number of H-pyrrole nitrogens is 1. The van der Waals surface area contributed by atoms with Gasteiger partial charge in [-0.15, -0.1) is 0 Å². The van der Waals surface area contributed by atoms with Crippen LogP contribution in [0.4, 0.5) is 13.2 Å². The number of hydrogen-bond acceptors (Lipinski definition) is 4. The Morgan fingerprint density at radius 3 is 2.40 bits per heavy atom. The topological polar surface area (TPSA) is 114 Å². The normalized spacial score (nSPS) is 11.6. The Morgan fingerprint density at radius 2 is 1.83 bits per heavy atom. The molecular formula is C20H19F3N4O3. The lowest BCUT2D eigenvalue weighted by Crippen LogP contribution is -2.22. The van der Waals surface area contributed by atoms with Crippen LogP contribution in [-0.2, 0) is 11.3 Å². The molecule has 0 saturated heterocycles. The Balaban J connectivity index is 0.000000318. The molecule has 4 rings (SSSR count). The number of aromatic amines is 1. The van der Waals surface area contributed by atoms with Crippen molar-refractivity contribution in [3.63, 3.8) is 0 Å². The minimum absolute atomic E-state index is 0.00230. The average molecular weight is 420 g/mol. The van der Waals surface area contributed by atoms with E-state index in [2.05, 4.69) is 34.5 Å². The fraction of sp³-hybridized carbons (Fsp3) is 0.250. The van der Waals surface area contributed by atoms with Gasteiger partial charge >= 0.3 is 12.1 Å². The molecule has 0 radical (unpaired) electrons. The van der Waals surface area contributed by atoms with Crippen LogP contribution in [0.5, 0.6) is 0 Å². The highest BCUT2D eigenvalue weighted by molar-refractivity contribution is 6.09. The Bertz CT molecular complexity index is 1290. The van der Waals surface area contributed by atoms with Crippen LogP contribution in [0.2, 0.25) is 0 Å². The van der Waals surface area contributed by atoms with Gasteiger partial charge in [0.25, 0.3) is 5.56 Å². The second-order valence-corrected chi connectivity index (χ2v) is 6.69. The lowest BCUT2D eigenvalue weighted by Gasteiger charge is -2.12. The molecule has 7 nitrogen and oxygen atoms in total. The highest BCUT2D eigenvalue weighted by Gasteiger charge is 2.38. The van der Waals surface area contributed by atoms with Gasteiger partial charge in [-0.05, 0) is 42.8 Å². The van der Waals surface area contributed by atoms with Gasteiger partial charge in [-0.25, -0.2) is 4.79 Å². The monoisotopic (exact) mass is 420 g/mol. The SMILES string of the molecule is Cc1[nH]nc2c1c(=O)n(CCCN)c1cc3ccccc3cc21.O=C(O)C(F)(F)F. The molecule has 10 heteroatoms. The molecule has 0 aliphatic carbocycles. The van der Waals surface area contributed by atoms with Gasteiger partial charge in [0.15, 0.2) is 0 Å². The highest BCUT2D eigenvalue weighted by Crippen LogP contribution is 2.27. The van der Waals surface area contributed by atoms with E-state index in [1.54, 1.807) is 0 Å². The third-order valence-electron chi connectivity index (χ3n) is 4.64. The standard InChI is InChI=1S/C18H18N4O.C2HF3O2/c1-11-16-17(21-20-11)14-9-12-5-2-3-6-13(12)10-15(14)22(18(16)23)8-4-7-19;3-2(4,5)1(6)7/h2-3,5-6,9-10H,4,7-8,19H2,1H3,(H,20,21);(H,6,7). The van der Waals surface area contributed by atoms with Crippen LogP contribution in [0.15, 0.2) is 41.2 Å². The molecule has 0 atom stereocenters. The molecule has 2 heterocycles. The Morgan fingerprint density at radius 1 is 1.23 bits per heavy atom. The predicted molar refractivity (Wildman–Crippen MR) is 107 cm³/mol. The van der Waals surface area contributed by atoms with E-state index in [4.69, 9.17) is 15.6 Å². The van der Waals surface area contributed by atoms with Gasteiger partial charge in [0.05, 0.1) is 10.9 Å². The summed E-state index contributed by atoms with van der Waals surface area (Å²) in [5, 5.41) is 18.4. The molecule has 158 valence electrons. The number of aryl methyl sites for hydroxylation is 2. The van der Waals surface area contributed by atoms with Gasteiger partial charge in [-0.2, -0.15) is 18.3 Å². The summed E-state index contributed by atoms with van der Waals surface area (Å²) in [5.74, 6) is -2.76.